The number of fused-ring (bicyclic) bond motifs is 3. The SMILES string of the molecule is CCCC(CCC)Oc1ccc(N2CCN(CCn3c(=O)sc4c3nc(N)n3nc(-c5ccco5)nc43)CC2)c(F)c1. The Morgan fingerprint density at radius 1 is 1.07 bits per heavy atom. The number of piperazine rings is 1. The molecule has 11 nitrogen and oxygen atoms in total. The van der Waals surface area contributed by atoms with E-state index in [4.69, 9.17) is 14.9 Å². The maximum Gasteiger partial charge on any atom is 0.309 e. The number of benzene rings is 1. The third-order valence-electron chi connectivity index (χ3n) is 7.65. The number of nitrogen functional groups attached to an aromatic ring is 1. The number of hydrogen-bond donors (Lipinski definition) is 1. The van der Waals surface area contributed by atoms with Gasteiger partial charge in [-0.1, -0.05) is 38.0 Å². The van der Waals surface area contributed by atoms with Crippen LogP contribution in [0.25, 0.3) is 27.6 Å². The van der Waals surface area contributed by atoms with Crippen LogP contribution in [-0.2, 0) is 6.54 Å². The fourth-order valence-electron chi connectivity index (χ4n) is 5.51. The lowest BCUT2D eigenvalue weighted by Crippen LogP contribution is -2.47. The van der Waals surface area contributed by atoms with Gasteiger partial charge in [0.05, 0.1) is 18.1 Å². The molecule has 6 rings (SSSR count). The summed E-state index contributed by atoms with van der Waals surface area (Å²) in [6.07, 6.45) is 5.68. The summed E-state index contributed by atoms with van der Waals surface area (Å²) in [6.45, 7) is 8.26. The Labute approximate surface area is 246 Å². The van der Waals surface area contributed by atoms with Crippen molar-refractivity contribution in [3.8, 4) is 17.3 Å². The number of anilines is 2. The van der Waals surface area contributed by atoms with Crippen LogP contribution in [0.15, 0.2) is 45.8 Å². The van der Waals surface area contributed by atoms with Crippen LogP contribution in [0.3, 0.4) is 0 Å². The highest BCUT2D eigenvalue weighted by Crippen LogP contribution is 2.28. The molecule has 1 aromatic carbocycles. The normalized spacial score (nSPS) is 14.5. The summed E-state index contributed by atoms with van der Waals surface area (Å²) in [6, 6.07) is 8.73. The van der Waals surface area contributed by atoms with Crippen LogP contribution in [0.4, 0.5) is 16.0 Å². The van der Waals surface area contributed by atoms with Gasteiger partial charge in [0.15, 0.2) is 17.1 Å². The fourth-order valence-corrected chi connectivity index (χ4v) is 6.44. The van der Waals surface area contributed by atoms with Gasteiger partial charge in [0, 0.05) is 45.3 Å². The monoisotopic (exact) mass is 594 g/mol. The Hall–Kier alpha value is -3.97. The maximum absolute atomic E-state index is 15.1. The van der Waals surface area contributed by atoms with Crippen LogP contribution in [0.2, 0.25) is 0 Å². The van der Waals surface area contributed by atoms with Crippen molar-refractivity contribution in [2.75, 3.05) is 43.4 Å². The second-order valence-corrected chi connectivity index (χ2v) is 11.5. The highest BCUT2D eigenvalue weighted by molar-refractivity contribution is 7.17. The molecule has 0 saturated carbocycles. The van der Waals surface area contributed by atoms with Gasteiger partial charge in [0.25, 0.3) is 0 Å². The Kier molecular flexibility index (Phi) is 8.11. The molecule has 0 atom stereocenters. The molecule has 0 unspecified atom stereocenters. The number of thiazole rings is 1. The summed E-state index contributed by atoms with van der Waals surface area (Å²) in [7, 11) is 0. The van der Waals surface area contributed by atoms with Gasteiger partial charge < -0.3 is 19.8 Å². The molecule has 2 N–H and O–H groups in total. The van der Waals surface area contributed by atoms with E-state index in [0.717, 1.165) is 50.1 Å². The Morgan fingerprint density at radius 3 is 2.55 bits per heavy atom. The van der Waals surface area contributed by atoms with Crippen LogP contribution in [0.1, 0.15) is 39.5 Å². The molecule has 0 spiro atoms. The van der Waals surface area contributed by atoms with Gasteiger partial charge in [-0.3, -0.25) is 14.3 Å². The molecule has 5 aromatic rings. The van der Waals surface area contributed by atoms with Crippen molar-refractivity contribution < 1.29 is 13.5 Å². The van der Waals surface area contributed by atoms with Gasteiger partial charge in [-0.15, -0.1) is 5.10 Å². The molecule has 13 heteroatoms. The minimum absolute atomic E-state index is 0.120. The molecule has 222 valence electrons. The molecule has 0 radical (unpaired) electrons. The third-order valence-corrected chi connectivity index (χ3v) is 8.62. The van der Waals surface area contributed by atoms with Crippen LogP contribution >= 0.6 is 11.3 Å². The summed E-state index contributed by atoms with van der Waals surface area (Å²) in [5.41, 5.74) is 7.77. The van der Waals surface area contributed by atoms with E-state index in [2.05, 4.69) is 38.7 Å². The zero-order valence-corrected chi connectivity index (χ0v) is 24.6. The summed E-state index contributed by atoms with van der Waals surface area (Å²) in [4.78, 5) is 26.3. The average Bonchev–Trinajstić information content (AvgIpc) is 3.72. The Morgan fingerprint density at radius 2 is 1.86 bits per heavy atom. The molecule has 0 bridgehead atoms. The molecule has 1 saturated heterocycles. The number of hydrogen-bond acceptors (Lipinski definition) is 10. The molecule has 5 heterocycles. The van der Waals surface area contributed by atoms with Crippen molar-refractivity contribution in [1.29, 1.82) is 0 Å². The molecule has 42 heavy (non-hydrogen) atoms. The van der Waals surface area contributed by atoms with Crippen molar-refractivity contribution >= 4 is 39.0 Å². The lowest BCUT2D eigenvalue weighted by atomic mass is 10.1. The van der Waals surface area contributed by atoms with E-state index >= 15 is 4.39 Å². The summed E-state index contributed by atoms with van der Waals surface area (Å²) >= 11 is 1.08. The first-order valence-corrected chi connectivity index (χ1v) is 15.3. The number of nitrogens with two attached hydrogens (primary N) is 1. The largest absolute Gasteiger partial charge is 0.490 e. The van der Waals surface area contributed by atoms with Crippen molar-refractivity contribution in [3.05, 3.63) is 52.1 Å². The van der Waals surface area contributed by atoms with Gasteiger partial charge in [0.2, 0.25) is 11.8 Å². The van der Waals surface area contributed by atoms with Crippen molar-refractivity contribution in [2.24, 2.45) is 0 Å². The zero-order chi connectivity index (χ0) is 29.2. The van der Waals surface area contributed by atoms with Crippen LogP contribution in [-0.4, -0.2) is 67.9 Å². The summed E-state index contributed by atoms with van der Waals surface area (Å²) < 4.78 is 30.3. The van der Waals surface area contributed by atoms with E-state index in [9.17, 15) is 4.79 Å². The van der Waals surface area contributed by atoms with Gasteiger partial charge in [0.1, 0.15) is 16.3 Å². The number of aromatic nitrogens is 5. The summed E-state index contributed by atoms with van der Waals surface area (Å²) in [5.74, 6) is 1.36. The van der Waals surface area contributed by atoms with Gasteiger partial charge in [-0.2, -0.15) is 9.50 Å². The minimum atomic E-state index is -0.261. The molecule has 1 aliphatic rings. The molecule has 0 amide bonds. The second-order valence-electron chi connectivity index (χ2n) is 10.5. The van der Waals surface area contributed by atoms with Crippen molar-refractivity contribution in [2.45, 2.75) is 52.2 Å². The quantitative estimate of drug-likeness (QED) is 0.233. The van der Waals surface area contributed by atoms with Crippen molar-refractivity contribution in [1.82, 2.24) is 29.0 Å². The van der Waals surface area contributed by atoms with E-state index in [1.54, 1.807) is 23.0 Å². The minimum Gasteiger partial charge on any atom is -0.490 e. The fraction of sp³-hybridized carbons (Fsp3) is 0.448. The molecule has 4 aromatic heterocycles. The highest BCUT2D eigenvalue weighted by Gasteiger charge is 2.23. The average molecular weight is 595 g/mol. The van der Waals surface area contributed by atoms with Gasteiger partial charge in [-0.25, -0.2) is 9.37 Å². The first-order chi connectivity index (χ1) is 20.4. The molecule has 1 fully saturated rings. The smallest absolute Gasteiger partial charge is 0.309 e. The highest BCUT2D eigenvalue weighted by atomic mass is 32.1. The molecular weight excluding hydrogens is 559 g/mol. The van der Waals surface area contributed by atoms with E-state index in [-0.39, 0.29) is 22.7 Å². The number of ether oxygens (including phenoxy) is 1. The van der Waals surface area contributed by atoms with Crippen LogP contribution in [0.5, 0.6) is 5.75 Å². The predicted molar refractivity (Wildman–Crippen MR) is 162 cm³/mol. The molecule has 0 aliphatic carbocycles. The predicted octanol–water partition coefficient (Wildman–Crippen LogP) is 4.65. The Bertz CT molecular complexity index is 1720. The van der Waals surface area contributed by atoms with Gasteiger partial charge in [-0.05, 0) is 37.1 Å². The number of nitrogens with zero attached hydrogens (tertiary/aromatic N) is 7. The van der Waals surface area contributed by atoms with E-state index in [1.165, 1.54) is 10.6 Å². The standard InChI is InChI=1S/C29H35FN8O3S/c1-3-6-19(7-4-2)41-20-9-10-22(21(30)18-20)36-14-11-35(12-15-36)13-16-37-26-24(42-29(37)39)27-32-25(23-8-5-17-40-23)34-38(27)28(31)33-26/h5,8-10,17-19H,3-4,6-7,11-16H2,1-2H3,(H2,31,33). The van der Waals surface area contributed by atoms with Gasteiger partial charge >= 0.3 is 4.87 Å². The Balaban J connectivity index is 1.10. The molecular formula is C29H35FN8O3S. The first-order valence-electron chi connectivity index (χ1n) is 14.5. The lowest BCUT2D eigenvalue weighted by Gasteiger charge is -2.36. The van der Waals surface area contributed by atoms with Crippen LogP contribution < -0.4 is 20.2 Å². The number of furan rings is 1. The lowest BCUT2D eigenvalue weighted by molar-refractivity contribution is 0.178. The topological polar surface area (TPSA) is 120 Å². The number of halogens is 1. The maximum atomic E-state index is 15.1. The number of rotatable bonds is 11. The van der Waals surface area contributed by atoms with Crippen LogP contribution in [0, 0.1) is 5.82 Å². The van der Waals surface area contributed by atoms with E-state index < -0.39 is 0 Å². The zero-order valence-electron chi connectivity index (χ0n) is 23.8. The first kappa shape index (κ1) is 28.2. The van der Waals surface area contributed by atoms with E-state index in [0.29, 0.717) is 65.2 Å². The van der Waals surface area contributed by atoms with E-state index in [1.807, 2.05) is 12.1 Å². The van der Waals surface area contributed by atoms with Crippen molar-refractivity contribution in [3.63, 3.8) is 0 Å². The molecule has 1 aliphatic heterocycles. The summed E-state index contributed by atoms with van der Waals surface area (Å²) in [5, 5.41) is 4.41. The third kappa shape index (κ3) is 5.58. The second kappa shape index (κ2) is 12.1.